The summed E-state index contributed by atoms with van der Waals surface area (Å²) in [7, 11) is 0. The molecule has 1 aliphatic rings. The number of H-pyrrole nitrogens is 1. The third kappa shape index (κ3) is 2.49. The van der Waals surface area contributed by atoms with Gasteiger partial charge in [0.1, 0.15) is 5.01 Å². The lowest BCUT2D eigenvalue weighted by Gasteiger charge is -2.22. The first-order valence-corrected chi connectivity index (χ1v) is 7.45. The molecule has 1 fully saturated rings. The number of rotatable bonds is 3. The molecule has 0 amide bonds. The van der Waals surface area contributed by atoms with Crippen LogP contribution in [0.2, 0.25) is 0 Å². The standard InChI is InChI=1S/C14H19N3S/c1-10-13(8-11-4-2-6-15-9-11)18-14(17-10)12-5-3-7-16-12/h3,5,7,11,15-16H,2,4,6,8-9H2,1H3. The Labute approximate surface area is 112 Å². The van der Waals surface area contributed by atoms with E-state index in [2.05, 4.69) is 28.3 Å². The number of thiazole rings is 1. The van der Waals surface area contributed by atoms with Crippen molar-refractivity contribution in [3.8, 4) is 10.7 Å². The van der Waals surface area contributed by atoms with Crippen LogP contribution in [0.1, 0.15) is 23.4 Å². The molecule has 4 heteroatoms. The van der Waals surface area contributed by atoms with Crippen LogP contribution < -0.4 is 5.32 Å². The minimum Gasteiger partial charge on any atom is -0.359 e. The monoisotopic (exact) mass is 261 g/mol. The fourth-order valence-corrected chi connectivity index (χ4v) is 3.72. The van der Waals surface area contributed by atoms with Crippen LogP contribution in [-0.4, -0.2) is 23.1 Å². The lowest BCUT2D eigenvalue weighted by Crippen LogP contribution is -2.30. The molecule has 3 nitrogen and oxygen atoms in total. The number of nitrogens with one attached hydrogen (secondary N) is 2. The Kier molecular flexibility index (Phi) is 3.48. The van der Waals surface area contributed by atoms with Gasteiger partial charge >= 0.3 is 0 Å². The number of aryl methyl sites for hydroxylation is 1. The van der Waals surface area contributed by atoms with E-state index in [1.165, 1.54) is 36.4 Å². The number of hydrogen-bond donors (Lipinski definition) is 2. The lowest BCUT2D eigenvalue weighted by atomic mass is 9.95. The Morgan fingerprint density at radius 2 is 2.44 bits per heavy atom. The van der Waals surface area contributed by atoms with Gasteiger partial charge in [-0.05, 0) is 57.3 Å². The molecule has 1 saturated heterocycles. The topological polar surface area (TPSA) is 40.7 Å². The third-order valence-electron chi connectivity index (χ3n) is 3.59. The zero-order chi connectivity index (χ0) is 12.4. The van der Waals surface area contributed by atoms with Crippen molar-refractivity contribution in [2.24, 2.45) is 5.92 Å². The maximum absolute atomic E-state index is 4.69. The van der Waals surface area contributed by atoms with Crippen LogP contribution in [0.15, 0.2) is 18.3 Å². The third-order valence-corrected chi connectivity index (χ3v) is 4.81. The van der Waals surface area contributed by atoms with Crippen molar-refractivity contribution in [1.82, 2.24) is 15.3 Å². The van der Waals surface area contributed by atoms with Gasteiger partial charge in [0.2, 0.25) is 0 Å². The average molecular weight is 261 g/mol. The largest absolute Gasteiger partial charge is 0.359 e. The first-order valence-electron chi connectivity index (χ1n) is 6.63. The van der Waals surface area contributed by atoms with E-state index >= 15 is 0 Å². The van der Waals surface area contributed by atoms with Gasteiger partial charge in [-0.25, -0.2) is 4.98 Å². The normalized spacial score (nSPS) is 20.2. The van der Waals surface area contributed by atoms with Crippen molar-refractivity contribution in [2.45, 2.75) is 26.2 Å². The molecular formula is C14H19N3S. The zero-order valence-corrected chi connectivity index (χ0v) is 11.5. The van der Waals surface area contributed by atoms with E-state index in [4.69, 9.17) is 0 Å². The van der Waals surface area contributed by atoms with E-state index in [1.54, 1.807) is 0 Å². The predicted molar refractivity (Wildman–Crippen MR) is 75.9 cm³/mol. The van der Waals surface area contributed by atoms with Crippen molar-refractivity contribution >= 4 is 11.3 Å². The molecule has 1 aliphatic heterocycles. The Morgan fingerprint density at radius 1 is 1.50 bits per heavy atom. The van der Waals surface area contributed by atoms with E-state index in [0.717, 1.165) is 23.2 Å². The number of hydrogen-bond acceptors (Lipinski definition) is 3. The Balaban J connectivity index is 1.76. The molecular weight excluding hydrogens is 242 g/mol. The van der Waals surface area contributed by atoms with Gasteiger partial charge in [-0.1, -0.05) is 0 Å². The van der Waals surface area contributed by atoms with E-state index in [9.17, 15) is 0 Å². The molecule has 2 N–H and O–H groups in total. The van der Waals surface area contributed by atoms with E-state index in [1.807, 2.05) is 23.6 Å². The van der Waals surface area contributed by atoms with Crippen LogP contribution >= 0.6 is 11.3 Å². The summed E-state index contributed by atoms with van der Waals surface area (Å²) in [5.41, 5.74) is 2.34. The summed E-state index contributed by atoms with van der Waals surface area (Å²) < 4.78 is 0. The first-order chi connectivity index (χ1) is 8.83. The molecule has 3 rings (SSSR count). The number of aromatic nitrogens is 2. The second-order valence-corrected chi connectivity index (χ2v) is 6.11. The Bertz CT molecular complexity index is 495. The highest BCUT2D eigenvalue weighted by molar-refractivity contribution is 7.15. The van der Waals surface area contributed by atoms with Crippen LogP contribution in [0, 0.1) is 12.8 Å². The summed E-state index contributed by atoms with van der Waals surface area (Å²) in [5, 5.41) is 4.61. The SMILES string of the molecule is Cc1nc(-c2ccc[nH]2)sc1CC1CCCNC1. The molecule has 0 aromatic carbocycles. The van der Waals surface area contributed by atoms with Gasteiger partial charge in [0.25, 0.3) is 0 Å². The van der Waals surface area contributed by atoms with Crippen molar-refractivity contribution in [3.63, 3.8) is 0 Å². The van der Waals surface area contributed by atoms with E-state index < -0.39 is 0 Å². The first kappa shape index (κ1) is 11.9. The van der Waals surface area contributed by atoms with Gasteiger partial charge in [0.05, 0.1) is 11.4 Å². The van der Waals surface area contributed by atoms with Gasteiger partial charge in [0.15, 0.2) is 0 Å². The van der Waals surface area contributed by atoms with E-state index in [0.29, 0.717) is 0 Å². The molecule has 0 spiro atoms. The molecule has 2 aromatic heterocycles. The fraction of sp³-hybridized carbons (Fsp3) is 0.500. The minimum absolute atomic E-state index is 0.786. The van der Waals surface area contributed by atoms with Crippen LogP contribution in [0.25, 0.3) is 10.7 Å². The molecule has 2 aromatic rings. The summed E-state index contributed by atoms with van der Waals surface area (Å²) >= 11 is 1.84. The van der Waals surface area contributed by atoms with Crippen LogP contribution in [0.5, 0.6) is 0 Å². The number of aromatic amines is 1. The summed E-state index contributed by atoms with van der Waals surface area (Å²) in [6, 6.07) is 4.11. The highest BCUT2D eigenvalue weighted by Gasteiger charge is 2.17. The summed E-state index contributed by atoms with van der Waals surface area (Å²) in [6.07, 6.45) is 5.79. The molecule has 96 valence electrons. The van der Waals surface area contributed by atoms with Crippen molar-refractivity contribution < 1.29 is 0 Å². The smallest absolute Gasteiger partial charge is 0.140 e. The van der Waals surface area contributed by atoms with Crippen LogP contribution in [-0.2, 0) is 6.42 Å². The maximum Gasteiger partial charge on any atom is 0.140 e. The van der Waals surface area contributed by atoms with E-state index in [-0.39, 0.29) is 0 Å². The summed E-state index contributed by atoms with van der Waals surface area (Å²) in [5.74, 6) is 0.786. The van der Waals surface area contributed by atoms with Crippen molar-refractivity contribution in [2.75, 3.05) is 13.1 Å². The average Bonchev–Trinajstić information content (AvgIpc) is 3.01. The van der Waals surface area contributed by atoms with Crippen molar-refractivity contribution in [3.05, 3.63) is 28.9 Å². The predicted octanol–water partition coefficient (Wildman–Crippen LogP) is 2.99. The van der Waals surface area contributed by atoms with Crippen molar-refractivity contribution in [1.29, 1.82) is 0 Å². The highest BCUT2D eigenvalue weighted by atomic mass is 32.1. The van der Waals surface area contributed by atoms with Gasteiger partial charge in [-0.2, -0.15) is 0 Å². The van der Waals surface area contributed by atoms with Gasteiger partial charge in [-0.15, -0.1) is 11.3 Å². The minimum atomic E-state index is 0.786. The highest BCUT2D eigenvalue weighted by Crippen LogP contribution is 2.29. The molecule has 0 saturated carbocycles. The van der Waals surface area contributed by atoms with Crippen LogP contribution in [0.4, 0.5) is 0 Å². The Hall–Kier alpha value is -1.13. The molecule has 0 aliphatic carbocycles. The van der Waals surface area contributed by atoms with Gasteiger partial charge in [-0.3, -0.25) is 0 Å². The molecule has 0 radical (unpaired) electrons. The molecule has 0 bridgehead atoms. The Morgan fingerprint density at radius 3 is 3.17 bits per heavy atom. The number of piperidine rings is 1. The number of nitrogens with zero attached hydrogens (tertiary/aromatic N) is 1. The van der Waals surface area contributed by atoms with Crippen LogP contribution in [0.3, 0.4) is 0 Å². The molecule has 18 heavy (non-hydrogen) atoms. The van der Waals surface area contributed by atoms with Gasteiger partial charge in [0, 0.05) is 11.1 Å². The quantitative estimate of drug-likeness (QED) is 0.891. The lowest BCUT2D eigenvalue weighted by molar-refractivity contribution is 0.377. The summed E-state index contributed by atoms with van der Waals surface area (Å²) in [6.45, 7) is 4.48. The second kappa shape index (κ2) is 5.24. The molecule has 3 heterocycles. The molecule has 1 unspecified atom stereocenters. The summed E-state index contributed by atoms with van der Waals surface area (Å²) in [4.78, 5) is 9.37. The fourth-order valence-electron chi connectivity index (χ4n) is 2.56. The molecule has 1 atom stereocenters. The second-order valence-electron chi connectivity index (χ2n) is 5.03. The zero-order valence-electron chi connectivity index (χ0n) is 10.7. The van der Waals surface area contributed by atoms with Gasteiger partial charge < -0.3 is 10.3 Å². The maximum atomic E-state index is 4.69.